The SMILES string of the molecule is COc1cc(OC)cc(-c2cc(C=O)cc(OCCNC(=O)OC(C)(C)C)c2)c1. The lowest BCUT2D eigenvalue weighted by molar-refractivity contribution is 0.0520. The lowest BCUT2D eigenvalue weighted by Crippen LogP contribution is -2.34. The predicted molar refractivity (Wildman–Crippen MR) is 110 cm³/mol. The Hall–Kier alpha value is -3.22. The van der Waals surface area contributed by atoms with E-state index in [0.717, 1.165) is 17.4 Å². The van der Waals surface area contributed by atoms with Crippen molar-refractivity contribution >= 4 is 12.4 Å². The fourth-order valence-electron chi connectivity index (χ4n) is 2.55. The molecular weight excluding hydrogens is 374 g/mol. The van der Waals surface area contributed by atoms with E-state index in [2.05, 4.69) is 5.32 Å². The van der Waals surface area contributed by atoms with Gasteiger partial charge in [0.2, 0.25) is 0 Å². The van der Waals surface area contributed by atoms with Crippen molar-refractivity contribution in [3.8, 4) is 28.4 Å². The summed E-state index contributed by atoms with van der Waals surface area (Å²) < 4.78 is 21.5. The van der Waals surface area contributed by atoms with E-state index in [4.69, 9.17) is 18.9 Å². The van der Waals surface area contributed by atoms with Crippen molar-refractivity contribution in [2.45, 2.75) is 26.4 Å². The first-order chi connectivity index (χ1) is 13.7. The van der Waals surface area contributed by atoms with E-state index in [9.17, 15) is 9.59 Å². The first-order valence-corrected chi connectivity index (χ1v) is 9.17. The average Bonchev–Trinajstić information content (AvgIpc) is 2.69. The van der Waals surface area contributed by atoms with Gasteiger partial charge >= 0.3 is 6.09 Å². The number of amides is 1. The Balaban J connectivity index is 2.11. The summed E-state index contributed by atoms with van der Waals surface area (Å²) in [6.45, 7) is 5.88. The van der Waals surface area contributed by atoms with Gasteiger partial charge in [-0.3, -0.25) is 4.79 Å². The molecule has 2 aromatic carbocycles. The zero-order valence-corrected chi connectivity index (χ0v) is 17.4. The third-order valence-electron chi connectivity index (χ3n) is 3.79. The maximum Gasteiger partial charge on any atom is 0.407 e. The summed E-state index contributed by atoms with van der Waals surface area (Å²) >= 11 is 0. The molecule has 2 rings (SSSR count). The Kier molecular flexibility index (Phi) is 7.47. The first kappa shape index (κ1) is 22.1. The summed E-state index contributed by atoms with van der Waals surface area (Å²) in [6, 6.07) is 10.7. The van der Waals surface area contributed by atoms with Gasteiger partial charge in [0.15, 0.2) is 0 Å². The van der Waals surface area contributed by atoms with Crippen LogP contribution < -0.4 is 19.5 Å². The summed E-state index contributed by atoms with van der Waals surface area (Å²) in [5.41, 5.74) is 1.51. The number of methoxy groups -OCH3 is 2. The second kappa shape index (κ2) is 9.82. The monoisotopic (exact) mass is 401 g/mol. The third-order valence-corrected chi connectivity index (χ3v) is 3.79. The highest BCUT2D eigenvalue weighted by Crippen LogP contribution is 2.32. The van der Waals surface area contributed by atoms with Gasteiger partial charge in [-0.2, -0.15) is 0 Å². The Labute approximate surface area is 170 Å². The molecule has 1 N–H and O–H groups in total. The molecule has 0 unspecified atom stereocenters. The maximum absolute atomic E-state index is 11.7. The topological polar surface area (TPSA) is 83.1 Å². The number of aldehydes is 1. The molecule has 29 heavy (non-hydrogen) atoms. The number of nitrogens with one attached hydrogen (secondary N) is 1. The Morgan fingerprint density at radius 3 is 2.07 bits per heavy atom. The van der Waals surface area contributed by atoms with Crippen molar-refractivity contribution in [2.24, 2.45) is 0 Å². The van der Waals surface area contributed by atoms with Crippen LogP contribution in [-0.4, -0.2) is 45.4 Å². The minimum absolute atomic E-state index is 0.225. The number of rotatable bonds is 8. The molecule has 7 nitrogen and oxygen atoms in total. The van der Waals surface area contributed by atoms with Crippen LogP contribution in [0, 0.1) is 0 Å². The van der Waals surface area contributed by atoms with Crippen LogP contribution in [0.1, 0.15) is 31.1 Å². The average molecular weight is 401 g/mol. The number of hydrogen-bond acceptors (Lipinski definition) is 6. The highest BCUT2D eigenvalue weighted by molar-refractivity contribution is 5.81. The minimum atomic E-state index is -0.560. The van der Waals surface area contributed by atoms with Crippen molar-refractivity contribution in [3.05, 3.63) is 42.0 Å². The molecule has 0 aliphatic rings. The van der Waals surface area contributed by atoms with Crippen LogP contribution in [0.15, 0.2) is 36.4 Å². The van der Waals surface area contributed by atoms with Gasteiger partial charge in [-0.25, -0.2) is 4.79 Å². The molecule has 0 spiro atoms. The van der Waals surface area contributed by atoms with Crippen molar-refractivity contribution in [1.82, 2.24) is 5.32 Å². The van der Waals surface area contributed by atoms with Gasteiger partial charge in [0.25, 0.3) is 0 Å². The molecule has 7 heteroatoms. The van der Waals surface area contributed by atoms with Crippen molar-refractivity contribution < 1.29 is 28.5 Å². The molecule has 0 aliphatic carbocycles. The lowest BCUT2D eigenvalue weighted by Gasteiger charge is -2.19. The molecule has 2 aromatic rings. The molecular formula is C22H27NO6. The maximum atomic E-state index is 11.7. The highest BCUT2D eigenvalue weighted by atomic mass is 16.6. The van der Waals surface area contributed by atoms with Gasteiger partial charge in [-0.15, -0.1) is 0 Å². The van der Waals surface area contributed by atoms with Crippen LogP contribution >= 0.6 is 0 Å². The van der Waals surface area contributed by atoms with E-state index in [-0.39, 0.29) is 13.2 Å². The molecule has 0 aliphatic heterocycles. The summed E-state index contributed by atoms with van der Waals surface area (Å²) in [5.74, 6) is 1.79. The number of benzene rings is 2. The van der Waals surface area contributed by atoms with Crippen molar-refractivity contribution in [3.63, 3.8) is 0 Å². The summed E-state index contributed by atoms with van der Waals surface area (Å²) in [4.78, 5) is 23.0. The van der Waals surface area contributed by atoms with E-state index in [1.165, 1.54) is 0 Å². The van der Waals surface area contributed by atoms with E-state index in [1.54, 1.807) is 53.2 Å². The minimum Gasteiger partial charge on any atom is -0.497 e. The summed E-state index contributed by atoms with van der Waals surface area (Å²) in [6.07, 6.45) is 0.249. The van der Waals surface area contributed by atoms with Crippen LogP contribution in [0.2, 0.25) is 0 Å². The second-order valence-corrected chi connectivity index (χ2v) is 7.29. The van der Waals surface area contributed by atoms with Gasteiger partial charge in [0.05, 0.1) is 20.8 Å². The number of ether oxygens (including phenoxy) is 4. The number of hydrogen-bond donors (Lipinski definition) is 1. The molecule has 0 aromatic heterocycles. The molecule has 1 amide bonds. The van der Waals surface area contributed by atoms with E-state index in [0.29, 0.717) is 22.8 Å². The standard InChI is InChI=1S/C22H27NO6/c1-22(2,3)29-21(25)23-6-7-28-20-9-15(14-24)8-16(12-20)17-10-18(26-4)13-19(11-17)27-5/h8-14H,6-7H2,1-5H3,(H,23,25). The summed E-state index contributed by atoms with van der Waals surface area (Å²) in [7, 11) is 3.15. The molecule has 0 radical (unpaired) electrons. The fourth-order valence-corrected chi connectivity index (χ4v) is 2.55. The van der Waals surface area contributed by atoms with Crippen molar-refractivity contribution in [1.29, 1.82) is 0 Å². The zero-order valence-electron chi connectivity index (χ0n) is 17.4. The van der Waals surface area contributed by atoms with Gasteiger partial charge < -0.3 is 24.3 Å². The molecule has 0 saturated carbocycles. The number of carbonyl (C=O) groups excluding carboxylic acids is 2. The molecule has 156 valence electrons. The van der Waals surface area contributed by atoms with Gasteiger partial charge in [0.1, 0.15) is 35.7 Å². The van der Waals surface area contributed by atoms with Crippen LogP contribution in [0.25, 0.3) is 11.1 Å². The van der Waals surface area contributed by atoms with Gasteiger partial charge in [0, 0.05) is 11.6 Å². The molecule has 0 fully saturated rings. The molecule has 0 atom stereocenters. The Bertz CT molecular complexity index is 835. The van der Waals surface area contributed by atoms with Crippen LogP contribution in [0.4, 0.5) is 4.79 Å². The van der Waals surface area contributed by atoms with E-state index in [1.807, 2.05) is 18.2 Å². The van der Waals surface area contributed by atoms with E-state index >= 15 is 0 Å². The quantitative estimate of drug-likeness (QED) is 0.530. The van der Waals surface area contributed by atoms with E-state index < -0.39 is 11.7 Å². The zero-order chi connectivity index (χ0) is 21.4. The molecule has 0 saturated heterocycles. The van der Waals surface area contributed by atoms with Gasteiger partial charge in [-0.1, -0.05) is 0 Å². The third kappa shape index (κ3) is 7.03. The molecule has 0 heterocycles. The highest BCUT2D eigenvalue weighted by Gasteiger charge is 2.15. The molecule has 0 bridgehead atoms. The second-order valence-electron chi connectivity index (χ2n) is 7.29. The van der Waals surface area contributed by atoms with Crippen LogP contribution in [0.3, 0.4) is 0 Å². The lowest BCUT2D eigenvalue weighted by atomic mass is 10.0. The normalized spacial score (nSPS) is 10.8. The Morgan fingerprint density at radius 1 is 0.931 bits per heavy atom. The van der Waals surface area contributed by atoms with Crippen LogP contribution in [-0.2, 0) is 4.74 Å². The van der Waals surface area contributed by atoms with Gasteiger partial charge in [-0.05, 0) is 62.2 Å². The largest absolute Gasteiger partial charge is 0.497 e. The van der Waals surface area contributed by atoms with Crippen molar-refractivity contribution in [2.75, 3.05) is 27.4 Å². The smallest absolute Gasteiger partial charge is 0.407 e. The predicted octanol–water partition coefficient (Wildman–Crippen LogP) is 4.09. The number of carbonyl (C=O) groups is 2. The van der Waals surface area contributed by atoms with Crippen LogP contribution in [0.5, 0.6) is 17.2 Å². The summed E-state index contributed by atoms with van der Waals surface area (Å²) in [5, 5.41) is 2.63. The fraction of sp³-hybridized carbons (Fsp3) is 0.364. The first-order valence-electron chi connectivity index (χ1n) is 9.17. The number of alkyl carbamates (subject to hydrolysis) is 1. The Morgan fingerprint density at radius 2 is 1.52 bits per heavy atom.